The number of rotatable bonds is 3. The lowest BCUT2D eigenvalue weighted by molar-refractivity contribution is 0.173. The van der Waals surface area contributed by atoms with Crippen LogP contribution in [0.2, 0.25) is 0 Å². The van der Waals surface area contributed by atoms with Crippen LogP contribution in [-0.2, 0) is 6.54 Å². The minimum absolute atomic E-state index is 0.750. The van der Waals surface area contributed by atoms with E-state index in [2.05, 4.69) is 35.6 Å². The van der Waals surface area contributed by atoms with E-state index in [9.17, 15) is 0 Å². The summed E-state index contributed by atoms with van der Waals surface area (Å²) in [5, 5.41) is 5.56. The van der Waals surface area contributed by atoms with E-state index in [4.69, 9.17) is 0 Å². The predicted molar refractivity (Wildman–Crippen MR) is 57.2 cm³/mol. The topological polar surface area (TPSA) is 15.3 Å². The number of nitrogens with zero attached hydrogens (tertiary/aromatic N) is 1. The number of hydrogen-bond acceptors (Lipinski definition) is 3. The molecule has 1 fully saturated rings. The van der Waals surface area contributed by atoms with Crippen molar-refractivity contribution in [3.05, 3.63) is 21.9 Å². The molecule has 1 aromatic heterocycles. The fourth-order valence-electron chi connectivity index (χ4n) is 1.58. The van der Waals surface area contributed by atoms with Crippen LogP contribution in [0.4, 0.5) is 0 Å². The molecule has 1 saturated heterocycles. The Morgan fingerprint density at radius 3 is 2.85 bits per heavy atom. The van der Waals surface area contributed by atoms with Crippen LogP contribution < -0.4 is 5.32 Å². The average molecular weight is 196 g/mol. The van der Waals surface area contributed by atoms with E-state index in [1.807, 2.05) is 11.3 Å². The van der Waals surface area contributed by atoms with Crippen molar-refractivity contribution < 1.29 is 0 Å². The Kier molecular flexibility index (Phi) is 2.67. The molecule has 3 heteroatoms. The number of hydrogen-bond donors (Lipinski definition) is 1. The molecule has 1 aliphatic heterocycles. The molecule has 0 spiro atoms. The van der Waals surface area contributed by atoms with Crippen LogP contribution in [0.1, 0.15) is 10.4 Å². The summed E-state index contributed by atoms with van der Waals surface area (Å²) >= 11 is 1.84. The summed E-state index contributed by atoms with van der Waals surface area (Å²) < 4.78 is 0. The molecule has 1 aromatic rings. The predicted octanol–water partition coefficient (Wildman–Crippen LogP) is 1.46. The minimum atomic E-state index is 0.750. The largest absolute Gasteiger partial charge is 0.314 e. The van der Waals surface area contributed by atoms with Gasteiger partial charge in [-0.2, -0.15) is 0 Å². The second-order valence-corrected chi connectivity index (χ2v) is 4.91. The quantitative estimate of drug-likeness (QED) is 0.787. The molecule has 0 bridgehead atoms. The van der Waals surface area contributed by atoms with Gasteiger partial charge in [-0.15, -0.1) is 11.3 Å². The van der Waals surface area contributed by atoms with E-state index in [-0.39, 0.29) is 0 Å². The Labute approximate surface area is 83.6 Å². The standard InChI is InChI=1S/C10H16N2S/c1-8-3-9(7-13-8)6-12(2)10-4-11-5-10/h3,7,10-11H,4-6H2,1-2H3. The van der Waals surface area contributed by atoms with Crippen molar-refractivity contribution in [2.24, 2.45) is 0 Å². The van der Waals surface area contributed by atoms with Crippen LogP contribution in [0.5, 0.6) is 0 Å². The Bertz CT molecular complexity index is 278. The summed E-state index contributed by atoms with van der Waals surface area (Å²) in [6.07, 6.45) is 0. The zero-order valence-corrected chi connectivity index (χ0v) is 9.03. The molecule has 0 aromatic carbocycles. The van der Waals surface area contributed by atoms with Crippen LogP contribution in [-0.4, -0.2) is 31.1 Å². The molecule has 2 heterocycles. The van der Waals surface area contributed by atoms with Crippen molar-refractivity contribution in [1.82, 2.24) is 10.2 Å². The van der Waals surface area contributed by atoms with Crippen molar-refractivity contribution in [2.45, 2.75) is 19.5 Å². The molecule has 2 nitrogen and oxygen atoms in total. The molecule has 0 atom stereocenters. The van der Waals surface area contributed by atoms with E-state index >= 15 is 0 Å². The third-order valence-electron chi connectivity index (χ3n) is 2.60. The van der Waals surface area contributed by atoms with Gasteiger partial charge in [-0.05, 0) is 31.0 Å². The Morgan fingerprint density at radius 1 is 1.62 bits per heavy atom. The van der Waals surface area contributed by atoms with Crippen LogP contribution in [0.25, 0.3) is 0 Å². The van der Waals surface area contributed by atoms with E-state index in [0.717, 1.165) is 25.7 Å². The highest BCUT2D eigenvalue weighted by Crippen LogP contribution is 2.16. The van der Waals surface area contributed by atoms with Gasteiger partial charge in [0.1, 0.15) is 0 Å². The van der Waals surface area contributed by atoms with Gasteiger partial charge in [0.15, 0.2) is 0 Å². The molecular weight excluding hydrogens is 180 g/mol. The minimum Gasteiger partial charge on any atom is -0.314 e. The summed E-state index contributed by atoms with van der Waals surface area (Å²) in [5.74, 6) is 0. The molecule has 0 saturated carbocycles. The highest BCUT2D eigenvalue weighted by atomic mass is 32.1. The number of aryl methyl sites for hydroxylation is 1. The fraction of sp³-hybridized carbons (Fsp3) is 0.600. The van der Waals surface area contributed by atoms with Crippen molar-refractivity contribution in [2.75, 3.05) is 20.1 Å². The lowest BCUT2D eigenvalue weighted by Crippen LogP contribution is -2.55. The fourth-order valence-corrected chi connectivity index (χ4v) is 2.28. The Morgan fingerprint density at radius 2 is 2.38 bits per heavy atom. The maximum Gasteiger partial charge on any atom is 0.0345 e. The number of nitrogens with one attached hydrogen (secondary N) is 1. The van der Waals surface area contributed by atoms with Gasteiger partial charge in [0.05, 0.1) is 0 Å². The van der Waals surface area contributed by atoms with Crippen molar-refractivity contribution in [3.8, 4) is 0 Å². The smallest absolute Gasteiger partial charge is 0.0345 e. The van der Waals surface area contributed by atoms with Gasteiger partial charge in [-0.3, -0.25) is 4.90 Å². The first-order valence-electron chi connectivity index (χ1n) is 4.70. The maximum absolute atomic E-state index is 3.29. The first kappa shape index (κ1) is 9.19. The zero-order chi connectivity index (χ0) is 9.26. The first-order valence-corrected chi connectivity index (χ1v) is 5.58. The van der Waals surface area contributed by atoms with Gasteiger partial charge in [-0.25, -0.2) is 0 Å². The molecule has 1 aliphatic rings. The SMILES string of the molecule is Cc1cc(CN(C)C2CNC2)cs1. The Hall–Kier alpha value is -0.380. The van der Waals surface area contributed by atoms with Gasteiger partial charge in [0, 0.05) is 30.6 Å². The van der Waals surface area contributed by atoms with Crippen LogP contribution in [0, 0.1) is 6.92 Å². The second-order valence-electron chi connectivity index (χ2n) is 3.79. The average Bonchev–Trinajstić information content (AvgIpc) is 2.31. The first-order chi connectivity index (χ1) is 6.25. The van der Waals surface area contributed by atoms with Crippen molar-refractivity contribution in [1.29, 1.82) is 0 Å². The number of likely N-dealkylation sites (N-methyl/N-ethyl adjacent to an activating group) is 1. The Balaban J connectivity index is 1.89. The van der Waals surface area contributed by atoms with E-state index in [1.165, 1.54) is 10.4 Å². The normalized spacial score (nSPS) is 17.8. The van der Waals surface area contributed by atoms with Gasteiger partial charge in [0.2, 0.25) is 0 Å². The molecule has 1 N–H and O–H groups in total. The molecule has 0 unspecified atom stereocenters. The van der Waals surface area contributed by atoms with E-state index in [1.54, 1.807) is 0 Å². The second kappa shape index (κ2) is 3.78. The molecule has 72 valence electrons. The van der Waals surface area contributed by atoms with Gasteiger partial charge >= 0.3 is 0 Å². The lowest BCUT2D eigenvalue weighted by atomic mass is 10.1. The summed E-state index contributed by atoms with van der Waals surface area (Å²) in [7, 11) is 2.21. The van der Waals surface area contributed by atoms with E-state index in [0.29, 0.717) is 0 Å². The third kappa shape index (κ3) is 2.10. The van der Waals surface area contributed by atoms with Crippen molar-refractivity contribution >= 4 is 11.3 Å². The van der Waals surface area contributed by atoms with Gasteiger partial charge in [-0.1, -0.05) is 0 Å². The third-order valence-corrected chi connectivity index (χ3v) is 3.51. The highest BCUT2D eigenvalue weighted by molar-refractivity contribution is 7.10. The molecule has 0 amide bonds. The monoisotopic (exact) mass is 196 g/mol. The van der Waals surface area contributed by atoms with Crippen LogP contribution in [0.15, 0.2) is 11.4 Å². The van der Waals surface area contributed by atoms with Gasteiger partial charge < -0.3 is 5.32 Å². The van der Waals surface area contributed by atoms with Crippen molar-refractivity contribution in [3.63, 3.8) is 0 Å². The molecule has 13 heavy (non-hydrogen) atoms. The van der Waals surface area contributed by atoms with Crippen LogP contribution >= 0.6 is 11.3 Å². The highest BCUT2D eigenvalue weighted by Gasteiger charge is 2.21. The molecule has 0 aliphatic carbocycles. The molecule has 0 radical (unpaired) electrons. The zero-order valence-electron chi connectivity index (χ0n) is 8.21. The lowest BCUT2D eigenvalue weighted by Gasteiger charge is -2.35. The van der Waals surface area contributed by atoms with Gasteiger partial charge in [0.25, 0.3) is 0 Å². The van der Waals surface area contributed by atoms with E-state index < -0.39 is 0 Å². The summed E-state index contributed by atoms with van der Waals surface area (Å²) in [6, 6.07) is 3.04. The number of thiophene rings is 1. The maximum atomic E-state index is 3.29. The van der Waals surface area contributed by atoms with Crippen LogP contribution in [0.3, 0.4) is 0 Å². The summed E-state index contributed by atoms with van der Waals surface area (Å²) in [4.78, 5) is 3.84. The molecular formula is C10H16N2S. The molecule has 2 rings (SSSR count). The summed E-state index contributed by atoms with van der Waals surface area (Å²) in [5.41, 5.74) is 1.46. The summed E-state index contributed by atoms with van der Waals surface area (Å²) in [6.45, 7) is 5.56.